The molecule has 4 nitrogen and oxygen atoms in total. The van der Waals surface area contributed by atoms with Crippen molar-refractivity contribution >= 4 is 34.5 Å². The number of amides is 1. The minimum Gasteiger partial charge on any atom is -0.481 e. The lowest BCUT2D eigenvalue weighted by Gasteiger charge is -2.32. The van der Waals surface area contributed by atoms with Gasteiger partial charge < -0.3 is 10.4 Å². The van der Waals surface area contributed by atoms with Crippen molar-refractivity contribution in [2.24, 2.45) is 10.8 Å². The molecule has 0 aliphatic heterocycles. The molecule has 0 saturated carbocycles. The predicted molar refractivity (Wildman–Crippen MR) is 76.3 cm³/mol. The van der Waals surface area contributed by atoms with Gasteiger partial charge in [-0.1, -0.05) is 50.3 Å². The van der Waals surface area contributed by atoms with E-state index in [1.54, 1.807) is 0 Å². The molecule has 0 radical (unpaired) electrons. The number of halogens is 1. The number of alkyl halides is 1. The van der Waals surface area contributed by atoms with Crippen LogP contribution in [0.5, 0.6) is 0 Å². The van der Waals surface area contributed by atoms with Crippen LogP contribution in [-0.4, -0.2) is 28.0 Å². The number of carbonyl (C=O) groups excluding carboxylic acids is 1. The van der Waals surface area contributed by atoms with E-state index in [9.17, 15) is 9.59 Å². The number of hydrogen-bond acceptors (Lipinski definition) is 2. The summed E-state index contributed by atoms with van der Waals surface area (Å²) >= 11 is 2.20. The quantitative estimate of drug-likeness (QED) is 0.545. The van der Waals surface area contributed by atoms with Crippen LogP contribution >= 0.6 is 22.6 Å². The minimum atomic E-state index is -0.821. The lowest BCUT2D eigenvalue weighted by molar-refractivity contribution is -0.141. The van der Waals surface area contributed by atoms with Gasteiger partial charge in [0.05, 0.1) is 6.42 Å². The van der Waals surface area contributed by atoms with Gasteiger partial charge in [0.25, 0.3) is 0 Å². The van der Waals surface area contributed by atoms with Crippen molar-refractivity contribution in [3.05, 3.63) is 0 Å². The summed E-state index contributed by atoms with van der Waals surface area (Å²) in [6.45, 7) is 8.14. The molecule has 0 atom stereocenters. The highest BCUT2D eigenvalue weighted by atomic mass is 127. The highest BCUT2D eigenvalue weighted by Gasteiger charge is 2.35. The van der Waals surface area contributed by atoms with Crippen LogP contribution in [0.25, 0.3) is 0 Å². The standard InChI is InChI=1S/C12H22INO3/c1-11(2,7-9(15)16)8-12(3,4)10(17)14-6-5-13/h5-8H2,1-4H3,(H,14,17)(H,15,16). The van der Waals surface area contributed by atoms with Crippen LogP contribution in [0, 0.1) is 10.8 Å². The maximum absolute atomic E-state index is 11.9. The van der Waals surface area contributed by atoms with Gasteiger partial charge in [0.15, 0.2) is 0 Å². The second-order valence-electron chi connectivity index (χ2n) is 5.74. The van der Waals surface area contributed by atoms with Crippen molar-refractivity contribution in [3.8, 4) is 0 Å². The molecule has 0 fully saturated rings. The average molecular weight is 355 g/mol. The Morgan fingerprint density at radius 2 is 1.76 bits per heavy atom. The molecule has 0 aromatic carbocycles. The Balaban J connectivity index is 4.51. The molecule has 0 aromatic heterocycles. The molecule has 1 amide bonds. The Kier molecular flexibility index (Phi) is 6.43. The van der Waals surface area contributed by atoms with Crippen LogP contribution in [0.3, 0.4) is 0 Å². The summed E-state index contributed by atoms with van der Waals surface area (Å²) in [6.07, 6.45) is 0.634. The van der Waals surface area contributed by atoms with E-state index in [2.05, 4.69) is 27.9 Å². The van der Waals surface area contributed by atoms with E-state index in [0.29, 0.717) is 13.0 Å². The zero-order valence-corrected chi connectivity index (χ0v) is 13.1. The molecular formula is C12H22INO3. The van der Waals surface area contributed by atoms with Gasteiger partial charge in [-0.3, -0.25) is 9.59 Å². The first-order valence-electron chi connectivity index (χ1n) is 5.67. The van der Waals surface area contributed by atoms with Crippen LogP contribution in [0.15, 0.2) is 0 Å². The number of rotatable bonds is 7. The first-order chi connectivity index (χ1) is 7.60. The molecule has 0 saturated heterocycles. The van der Waals surface area contributed by atoms with Gasteiger partial charge in [-0.2, -0.15) is 0 Å². The maximum atomic E-state index is 11.9. The third-order valence-corrected chi connectivity index (χ3v) is 3.08. The van der Waals surface area contributed by atoms with E-state index in [-0.39, 0.29) is 17.7 Å². The highest BCUT2D eigenvalue weighted by Crippen LogP contribution is 2.36. The number of carboxylic acid groups (broad SMARTS) is 1. The molecule has 100 valence electrons. The average Bonchev–Trinajstić information content (AvgIpc) is 2.09. The SMILES string of the molecule is CC(C)(CC(=O)O)CC(C)(C)C(=O)NCCI. The van der Waals surface area contributed by atoms with Crippen LogP contribution in [0.2, 0.25) is 0 Å². The van der Waals surface area contributed by atoms with Gasteiger partial charge in [0.2, 0.25) is 5.91 Å². The Morgan fingerprint density at radius 1 is 1.24 bits per heavy atom. The normalized spacial score (nSPS) is 12.3. The van der Waals surface area contributed by atoms with Crippen molar-refractivity contribution < 1.29 is 14.7 Å². The summed E-state index contributed by atoms with van der Waals surface area (Å²) in [5.41, 5.74) is -0.915. The van der Waals surface area contributed by atoms with Gasteiger partial charge >= 0.3 is 5.97 Å². The summed E-state index contributed by atoms with van der Waals surface area (Å²) in [5.74, 6) is -0.828. The molecule has 0 spiro atoms. The van der Waals surface area contributed by atoms with E-state index < -0.39 is 11.4 Å². The van der Waals surface area contributed by atoms with Gasteiger partial charge in [0, 0.05) is 16.4 Å². The van der Waals surface area contributed by atoms with E-state index in [1.165, 1.54) is 0 Å². The van der Waals surface area contributed by atoms with Crippen molar-refractivity contribution in [2.45, 2.75) is 40.5 Å². The number of hydrogen-bond donors (Lipinski definition) is 2. The lowest BCUT2D eigenvalue weighted by atomic mass is 9.73. The lowest BCUT2D eigenvalue weighted by Crippen LogP contribution is -2.40. The summed E-state index contributed by atoms with van der Waals surface area (Å²) in [4.78, 5) is 22.7. The first kappa shape index (κ1) is 16.7. The van der Waals surface area contributed by atoms with Gasteiger partial charge in [-0.05, 0) is 11.8 Å². The van der Waals surface area contributed by atoms with Gasteiger partial charge in [-0.15, -0.1) is 0 Å². The largest absolute Gasteiger partial charge is 0.481 e. The van der Waals surface area contributed by atoms with Crippen molar-refractivity contribution in [1.82, 2.24) is 5.32 Å². The number of nitrogens with one attached hydrogen (secondary N) is 1. The number of aliphatic carboxylic acids is 1. The van der Waals surface area contributed by atoms with E-state index >= 15 is 0 Å². The molecule has 0 aliphatic carbocycles. The number of carboxylic acids is 1. The third-order valence-electron chi connectivity index (χ3n) is 2.55. The summed E-state index contributed by atoms with van der Waals surface area (Å²) < 4.78 is 0.873. The van der Waals surface area contributed by atoms with Crippen molar-refractivity contribution in [1.29, 1.82) is 0 Å². The van der Waals surface area contributed by atoms with E-state index in [1.807, 2.05) is 27.7 Å². The minimum absolute atomic E-state index is 0.00682. The van der Waals surface area contributed by atoms with Crippen LogP contribution in [0.4, 0.5) is 0 Å². The van der Waals surface area contributed by atoms with Crippen molar-refractivity contribution in [3.63, 3.8) is 0 Å². The van der Waals surface area contributed by atoms with Crippen LogP contribution < -0.4 is 5.32 Å². The third kappa shape index (κ3) is 6.85. The van der Waals surface area contributed by atoms with Gasteiger partial charge in [-0.25, -0.2) is 0 Å². The summed E-state index contributed by atoms with van der Waals surface area (Å²) in [5, 5.41) is 11.7. The zero-order chi connectivity index (χ0) is 13.7. The molecule has 0 aromatic rings. The Hall–Kier alpha value is -0.330. The zero-order valence-electron chi connectivity index (χ0n) is 11.0. The van der Waals surface area contributed by atoms with E-state index in [0.717, 1.165) is 4.43 Å². The molecule has 2 N–H and O–H groups in total. The fourth-order valence-corrected chi connectivity index (χ4v) is 2.42. The Bertz CT molecular complexity index is 287. The second kappa shape index (κ2) is 6.56. The molecule has 0 bridgehead atoms. The molecule has 17 heavy (non-hydrogen) atoms. The molecule has 0 unspecified atom stereocenters. The molecule has 0 heterocycles. The van der Waals surface area contributed by atoms with E-state index in [4.69, 9.17) is 5.11 Å². The topological polar surface area (TPSA) is 66.4 Å². The smallest absolute Gasteiger partial charge is 0.303 e. The van der Waals surface area contributed by atoms with Crippen LogP contribution in [-0.2, 0) is 9.59 Å². The molecule has 0 rings (SSSR count). The summed E-state index contributed by atoms with van der Waals surface area (Å²) in [7, 11) is 0. The molecule has 5 heteroatoms. The monoisotopic (exact) mass is 355 g/mol. The number of carbonyl (C=O) groups is 2. The molecular weight excluding hydrogens is 333 g/mol. The predicted octanol–water partition coefficient (Wildman–Crippen LogP) is 2.45. The van der Waals surface area contributed by atoms with Crippen LogP contribution in [0.1, 0.15) is 40.5 Å². The highest BCUT2D eigenvalue weighted by molar-refractivity contribution is 14.1. The fraction of sp³-hybridized carbons (Fsp3) is 0.833. The van der Waals surface area contributed by atoms with Crippen molar-refractivity contribution in [2.75, 3.05) is 11.0 Å². The Morgan fingerprint density at radius 3 is 2.18 bits per heavy atom. The fourth-order valence-electron chi connectivity index (χ4n) is 2.15. The maximum Gasteiger partial charge on any atom is 0.303 e. The second-order valence-corrected chi connectivity index (χ2v) is 6.82. The van der Waals surface area contributed by atoms with Gasteiger partial charge in [0.1, 0.15) is 0 Å². The summed E-state index contributed by atoms with van der Waals surface area (Å²) in [6, 6.07) is 0. The Labute approximate surface area is 117 Å². The first-order valence-corrected chi connectivity index (χ1v) is 7.19. The molecule has 0 aliphatic rings.